The lowest BCUT2D eigenvalue weighted by atomic mass is 9.82. The second-order valence-corrected chi connectivity index (χ2v) is 8.56. The van der Waals surface area contributed by atoms with Crippen molar-refractivity contribution in [1.29, 1.82) is 0 Å². The van der Waals surface area contributed by atoms with Gasteiger partial charge in [-0.1, -0.05) is 48.0 Å². The zero-order valence-corrected chi connectivity index (χ0v) is 18.9. The van der Waals surface area contributed by atoms with E-state index >= 15 is 4.39 Å². The number of fused-ring (bicyclic) bond motifs is 1. The Labute approximate surface area is 192 Å². The quantitative estimate of drug-likeness (QED) is 0.408. The number of benzene rings is 3. The molecule has 3 nitrogen and oxygen atoms in total. The van der Waals surface area contributed by atoms with Crippen LogP contribution in [0.25, 0.3) is 11.1 Å². The SMILES string of the molecule is COc1ccc(C)c(-c2c(Cl)c(F)cc3c2CC(CCCCN)(c2ccccc2)O3)c1F. The van der Waals surface area contributed by atoms with Crippen LogP contribution >= 0.6 is 11.6 Å². The van der Waals surface area contributed by atoms with E-state index in [0.717, 1.165) is 18.4 Å². The molecule has 32 heavy (non-hydrogen) atoms. The molecule has 1 atom stereocenters. The van der Waals surface area contributed by atoms with Crippen LogP contribution in [0.1, 0.15) is 36.0 Å². The summed E-state index contributed by atoms with van der Waals surface area (Å²) in [4.78, 5) is 0. The van der Waals surface area contributed by atoms with Crippen molar-refractivity contribution >= 4 is 11.6 Å². The molecule has 1 aliphatic rings. The highest BCUT2D eigenvalue weighted by Gasteiger charge is 2.43. The highest BCUT2D eigenvalue weighted by Crippen LogP contribution is 2.51. The summed E-state index contributed by atoms with van der Waals surface area (Å²) in [5.74, 6) is -0.744. The molecule has 0 saturated carbocycles. The minimum Gasteiger partial charge on any atom is -0.494 e. The second-order valence-electron chi connectivity index (χ2n) is 8.18. The Kier molecular flexibility index (Phi) is 6.40. The first-order valence-electron chi connectivity index (χ1n) is 10.7. The summed E-state index contributed by atoms with van der Waals surface area (Å²) in [5, 5.41) is -0.117. The molecule has 1 unspecified atom stereocenters. The molecular formula is C26H26ClF2NO2. The van der Waals surface area contributed by atoms with Crippen LogP contribution in [0, 0.1) is 18.6 Å². The molecule has 0 aliphatic carbocycles. The van der Waals surface area contributed by atoms with Crippen molar-refractivity contribution in [1.82, 2.24) is 0 Å². The first kappa shape index (κ1) is 22.6. The minimum atomic E-state index is -0.701. The van der Waals surface area contributed by atoms with Crippen LogP contribution in [0.3, 0.4) is 0 Å². The maximum absolute atomic E-state index is 15.4. The Hall–Kier alpha value is -2.63. The molecule has 0 fully saturated rings. The number of rotatable bonds is 7. The van der Waals surface area contributed by atoms with E-state index in [1.807, 2.05) is 30.3 Å². The maximum Gasteiger partial charge on any atom is 0.173 e. The van der Waals surface area contributed by atoms with Gasteiger partial charge in [-0.15, -0.1) is 0 Å². The molecule has 0 aromatic heterocycles. The van der Waals surface area contributed by atoms with Crippen molar-refractivity contribution in [2.24, 2.45) is 5.73 Å². The van der Waals surface area contributed by atoms with Gasteiger partial charge >= 0.3 is 0 Å². The minimum absolute atomic E-state index is 0.0795. The number of ether oxygens (including phenoxy) is 2. The van der Waals surface area contributed by atoms with Gasteiger partial charge in [0.15, 0.2) is 11.6 Å². The largest absolute Gasteiger partial charge is 0.494 e. The van der Waals surface area contributed by atoms with E-state index in [-0.39, 0.29) is 16.3 Å². The summed E-state index contributed by atoms with van der Waals surface area (Å²) >= 11 is 6.46. The maximum atomic E-state index is 15.4. The van der Waals surface area contributed by atoms with E-state index in [9.17, 15) is 4.39 Å². The number of hydrogen-bond donors (Lipinski definition) is 1. The predicted octanol–water partition coefficient (Wildman–Crippen LogP) is 6.56. The van der Waals surface area contributed by atoms with E-state index in [0.29, 0.717) is 41.8 Å². The lowest BCUT2D eigenvalue weighted by Gasteiger charge is -2.29. The molecule has 0 saturated heterocycles. The molecule has 1 heterocycles. The van der Waals surface area contributed by atoms with Crippen molar-refractivity contribution in [3.8, 4) is 22.6 Å². The summed E-state index contributed by atoms with van der Waals surface area (Å²) in [6, 6.07) is 14.5. The van der Waals surface area contributed by atoms with Gasteiger partial charge in [0.05, 0.1) is 12.1 Å². The molecule has 4 rings (SSSR count). The average molecular weight is 458 g/mol. The van der Waals surface area contributed by atoms with E-state index < -0.39 is 17.2 Å². The van der Waals surface area contributed by atoms with Crippen molar-refractivity contribution in [2.75, 3.05) is 13.7 Å². The van der Waals surface area contributed by atoms with Gasteiger partial charge in [0.2, 0.25) is 0 Å². The Morgan fingerprint density at radius 1 is 1.09 bits per heavy atom. The highest BCUT2D eigenvalue weighted by atomic mass is 35.5. The van der Waals surface area contributed by atoms with Crippen LogP contribution in [0.2, 0.25) is 5.02 Å². The molecule has 1 aliphatic heterocycles. The van der Waals surface area contributed by atoms with Gasteiger partial charge in [-0.3, -0.25) is 0 Å². The summed E-state index contributed by atoms with van der Waals surface area (Å²) in [7, 11) is 1.40. The van der Waals surface area contributed by atoms with E-state index in [2.05, 4.69) is 0 Å². The molecule has 0 radical (unpaired) electrons. The lowest BCUT2D eigenvalue weighted by molar-refractivity contribution is 0.0793. The Morgan fingerprint density at radius 2 is 1.84 bits per heavy atom. The summed E-state index contributed by atoms with van der Waals surface area (Å²) in [6.45, 7) is 2.35. The number of aryl methyl sites for hydroxylation is 1. The van der Waals surface area contributed by atoms with Crippen LogP contribution in [-0.4, -0.2) is 13.7 Å². The van der Waals surface area contributed by atoms with Crippen molar-refractivity contribution in [3.05, 3.63) is 81.9 Å². The molecule has 6 heteroatoms. The van der Waals surface area contributed by atoms with Gasteiger partial charge in [0.25, 0.3) is 0 Å². The molecular weight excluding hydrogens is 432 g/mol. The van der Waals surface area contributed by atoms with Crippen LogP contribution < -0.4 is 15.2 Å². The smallest absolute Gasteiger partial charge is 0.173 e. The van der Waals surface area contributed by atoms with Crippen LogP contribution in [-0.2, 0) is 12.0 Å². The Morgan fingerprint density at radius 3 is 2.53 bits per heavy atom. The lowest BCUT2D eigenvalue weighted by Crippen LogP contribution is -2.31. The van der Waals surface area contributed by atoms with Gasteiger partial charge in [0.1, 0.15) is 17.2 Å². The van der Waals surface area contributed by atoms with Crippen molar-refractivity contribution < 1.29 is 18.3 Å². The van der Waals surface area contributed by atoms with Crippen LogP contribution in [0.4, 0.5) is 8.78 Å². The average Bonchev–Trinajstić information content (AvgIpc) is 3.16. The zero-order chi connectivity index (χ0) is 22.9. The number of hydrogen-bond acceptors (Lipinski definition) is 3. The first-order chi connectivity index (χ1) is 15.4. The molecule has 0 spiro atoms. The van der Waals surface area contributed by atoms with Crippen LogP contribution in [0.5, 0.6) is 11.5 Å². The molecule has 168 valence electrons. The van der Waals surface area contributed by atoms with E-state index in [1.165, 1.54) is 13.2 Å². The fraction of sp³-hybridized carbons (Fsp3) is 0.308. The molecule has 0 bridgehead atoms. The third-order valence-electron chi connectivity index (χ3n) is 6.17. The normalized spacial score (nSPS) is 17.2. The standard InChI is InChI=1S/C26H26ClF2NO2/c1-16-10-11-20(31-2)25(29)22(16)23-18-15-26(12-6-7-13-30,17-8-4-3-5-9-17)32-21(18)14-19(28)24(23)27/h3-5,8-11,14H,6-7,12-13,15,30H2,1-2H3. The third kappa shape index (κ3) is 3.84. The van der Waals surface area contributed by atoms with E-state index in [4.69, 9.17) is 26.8 Å². The summed E-state index contributed by atoms with van der Waals surface area (Å²) < 4.78 is 42.0. The number of nitrogens with two attached hydrogens (primary N) is 1. The number of methoxy groups -OCH3 is 1. The zero-order valence-electron chi connectivity index (χ0n) is 18.2. The fourth-order valence-corrected chi connectivity index (χ4v) is 4.82. The monoisotopic (exact) mass is 457 g/mol. The topological polar surface area (TPSA) is 44.5 Å². The van der Waals surface area contributed by atoms with E-state index in [1.54, 1.807) is 19.1 Å². The van der Waals surface area contributed by atoms with Gasteiger partial charge in [-0.25, -0.2) is 8.78 Å². The predicted molar refractivity (Wildman–Crippen MR) is 123 cm³/mol. The van der Waals surface area contributed by atoms with Crippen molar-refractivity contribution in [3.63, 3.8) is 0 Å². The molecule has 2 N–H and O–H groups in total. The molecule has 3 aromatic rings. The number of unbranched alkanes of at least 4 members (excludes halogenated alkanes) is 1. The van der Waals surface area contributed by atoms with Crippen molar-refractivity contribution in [2.45, 2.75) is 38.2 Å². The summed E-state index contributed by atoms with van der Waals surface area (Å²) in [5.41, 5.74) is 7.90. The van der Waals surface area contributed by atoms with Gasteiger partial charge < -0.3 is 15.2 Å². The first-order valence-corrected chi connectivity index (χ1v) is 11.1. The van der Waals surface area contributed by atoms with Gasteiger partial charge in [0, 0.05) is 29.2 Å². The number of halogens is 3. The van der Waals surface area contributed by atoms with Crippen LogP contribution in [0.15, 0.2) is 48.5 Å². The fourth-order valence-electron chi connectivity index (χ4n) is 4.56. The Balaban J connectivity index is 1.91. The molecule has 3 aromatic carbocycles. The molecule has 0 amide bonds. The highest BCUT2D eigenvalue weighted by molar-refractivity contribution is 6.34. The third-order valence-corrected chi connectivity index (χ3v) is 6.54. The Bertz CT molecular complexity index is 1140. The summed E-state index contributed by atoms with van der Waals surface area (Å²) in [6.07, 6.45) is 2.83. The van der Waals surface area contributed by atoms with Gasteiger partial charge in [-0.2, -0.15) is 0 Å². The second kappa shape index (κ2) is 9.08. The van der Waals surface area contributed by atoms with Gasteiger partial charge in [-0.05, 0) is 49.9 Å².